The minimum absolute atomic E-state index is 0.0725. The largest absolute Gasteiger partial charge is 0.350 e. The van der Waals surface area contributed by atoms with E-state index in [-0.39, 0.29) is 23.7 Å². The van der Waals surface area contributed by atoms with Gasteiger partial charge in [0.2, 0.25) is 5.91 Å². The van der Waals surface area contributed by atoms with Crippen LogP contribution in [0.1, 0.15) is 19.4 Å². The molecule has 0 aliphatic heterocycles. The van der Waals surface area contributed by atoms with Gasteiger partial charge in [-0.05, 0) is 25.5 Å². The lowest BCUT2D eigenvalue weighted by Gasteiger charge is -2.23. The van der Waals surface area contributed by atoms with Crippen LogP contribution < -0.4 is 5.32 Å². The van der Waals surface area contributed by atoms with Crippen LogP contribution in [0.4, 0.5) is 4.39 Å². The number of halogens is 2. The second-order valence-corrected chi connectivity index (χ2v) is 4.89. The zero-order chi connectivity index (χ0) is 12.2. The highest BCUT2D eigenvalue weighted by atomic mass is 79.9. The van der Waals surface area contributed by atoms with Crippen LogP contribution in [-0.2, 0) is 11.2 Å². The van der Waals surface area contributed by atoms with Crippen LogP contribution in [0.3, 0.4) is 0 Å². The molecule has 0 unspecified atom stereocenters. The predicted octanol–water partition coefficient (Wildman–Crippen LogP) is 2.66. The van der Waals surface area contributed by atoms with Gasteiger partial charge in [0.05, 0.1) is 6.42 Å². The van der Waals surface area contributed by atoms with Gasteiger partial charge in [-0.1, -0.05) is 34.1 Å². The van der Waals surface area contributed by atoms with Gasteiger partial charge in [0, 0.05) is 10.9 Å². The fourth-order valence-corrected chi connectivity index (χ4v) is 1.41. The summed E-state index contributed by atoms with van der Waals surface area (Å²) in [6.07, 6.45) is 0.0725. The van der Waals surface area contributed by atoms with E-state index in [2.05, 4.69) is 21.2 Å². The molecule has 0 heterocycles. The fourth-order valence-electron chi connectivity index (χ4n) is 1.27. The third-order valence-corrected chi connectivity index (χ3v) is 3.52. The van der Waals surface area contributed by atoms with Crippen molar-refractivity contribution < 1.29 is 9.18 Å². The van der Waals surface area contributed by atoms with Crippen molar-refractivity contribution in [3.8, 4) is 0 Å². The van der Waals surface area contributed by atoms with Crippen molar-refractivity contribution in [3.05, 3.63) is 35.6 Å². The molecule has 0 radical (unpaired) electrons. The molecule has 0 bridgehead atoms. The Morgan fingerprint density at radius 3 is 2.62 bits per heavy atom. The molecule has 0 fully saturated rings. The topological polar surface area (TPSA) is 29.1 Å². The highest BCUT2D eigenvalue weighted by Gasteiger charge is 2.19. The number of benzene rings is 1. The fraction of sp³-hybridized carbons (Fsp3) is 0.417. The van der Waals surface area contributed by atoms with E-state index in [1.165, 1.54) is 6.07 Å². The van der Waals surface area contributed by atoms with Crippen LogP contribution in [0.15, 0.2) is 24.3 Å². The van der Waals surface area contributed by atoms with Crippen molar-refractivity contribution in [1.29, 1.82) is 0 Å². The first-order chi connectivity index (χ1) is 7.44. The summed E-state index contributed by atoms with van der Waals surface area (Å²) in [5.74, 6) is -0.510. The predicted molar refractivity (Wildman–Crippen MR) is 66.1 cm³/mol. The Kier molecular flexibility index (Phi) is 4.47. The Hall–Kier alpha value is -0.900. The average molecular weight is 288 g/mol. The quantitative estimate of drug-likeness (QED) is 0.848. The maximum Gasteiger partial charge on any atom is 0.224 e. The molecular weight excluding hydrogens is 273 g/mol. The first-order valence-corrected chi connectivity index (χ1v) is 6.17. The Morgan fingerprint density at radius 1 is 1.44 bits per heavy atom. The second-order valence-electron chi connectivity index (χ2n) is 4.33. The van der Waals surface area contributed by atoms with Crippen LogP contribution >= 0.6 is 15.9 Å². The second kappa shape index (κ2) is 5.43. The van der Waals surface area contributed by atoms with Crippen molar-refractivity contribution >= 4 is 21.8 Å². The molecule has 0 aromatic heterocycles. The molecule has 4 heteroatoms. The number of alkyl halides is 1. The molecule has 1 N–H and O–H groups in total. The van der Waals surface area contributed by atoms with E-state index in [4.69, 9.17) is 0 Å². The van der Waals surface area contributed by atoms with E-state index in [0.29, 0.717) is 10.9 Å². The van der Waals surface area contributed by atoms with E-state index < -0.39 is 0 Å². The van der Waals surface area contributed by atoms with Gasteiger partial charge in [-0.3, -0.25) is 4.79 Å². The van der Waals surface area contributed by atoms with E-state index in [9.17, 15) is 9.18 Å². The lowest BCUT2D eigenvalue weighted by molar-refractivity contribution is -0.121. The van der Waals surface area contributed by atoms with Crippen LogP contribution in [-0.4, -0.2) is 16.8 Å². The van der Waals surface area contributed by atoms with Crippen LogP contribution in [0.5, 0.6) is 0 Å². The van der Waals surface area contributed by atoms with Crippen LogP contribution in [0.25, 0.3) is 0 Å². The van der Waals surface area contributed by atoms with Crippen molar-refractivity contribution in [3.63, 3.8) is 0 Å². The van der Waals surface area contributed by atoms with Crippen LogP contribution in [0, 0.1) is 5.82 Å². The molecule has 1 aromatic carbocycles. The average Bonchev–Trinajstić information content (AvgIpc) is 2.21. The number of nitrogens with one attached hydrogen (secondary N) is 1. The normalized spacial score (nSPS) is 11.2. The Labute approximate surface area is 103 Å². The number of rotatable bonds is 4. The molecule has 16 heavy (non-hydrogen) atoms. The molecule has 88 valence electrons. The lowest BCUT2D eigenvalue weighted by Crippen LogP contribution is -2.45. The standard InChI is InChI=1S/C12H15BrFNO/c1-12(2,8-13)15-11(16)7-9-5-3-4-6-10(9)14/h3-6H,7-8H2,1-2H3,(H,15,16). The third-order valence-electron chi connectivity index (χ3n) is 2.12. The van der Waals surface area contributed by atoms with Crippen molar-refractivity contribution in [1.82, 2.24) is 5.32 Å². The molecule has 1 rings (SSSR count). The molecule has 0 atom stereocenters. The SMILES string of the molecule is CC(C)(CBr)NC(=O)Cc1ccccc1F. The molecule has 0 saturated carbocycles. The maximum absolute atomic E-state index is 13.3. The molecule has 1 amide bonds. The molecule has 0 aliphatic rings. The van der Waals surface area contributed by atoms with Gasteiger partial charge >= 0.3 is 0 Å². The molecule has 2 nitrogen and oxygen atoms in total. The molecule has 0 saturated heterocycles. The Balaban J connectivity index is 2.62. The molecule has 1 aromatic rings. The lowest BCUT2D eigenvalue weighted by atomic mass is 10.1. The number of carbonyl (C=O) groups excluding carboxylic acids is 1. The van der Waals surface area contributed by atoms with Gasteiger partial charge in [0.25, 0.3) is 0 Å². The van der Waals surface area contributed by atoms with E-state index in [1.54, 1.807) is 18.2 Å². The minimum Gasteiger partial charge on any atom is -0.350 e. The van der Waals surface area contributed by atoms with Crippen molar-refractivity contribution in [2.45, 2.75) is 25.8 Å². The number of hydrogen-bond acceptors (Lipinski definition) is 1. The van der Waals surface area contributed by atoms with Gasteiger partial charge in [0.1, 0.15) is 5.82 Å². The van der Waals surface area contributed by atoms with Crippen LogP contribution in [0.2, 0.25) is 0 Å². The minimum atomic E-state index is -0.339. The Morgan fingerprint density at radius 2 is 2.06 bits per heavy atom. The zero-order valence-corrected chi connectivity index (χ0v) is 11.0. The summed E-state index contributed by atoms with van der Waals surface area (Å²) < 4.78 is 13.3. The van der Waals surface area contributed by atoms with Gasteiger partial charge in [-0.2, -0.15) is 0 Å². The Bertz CT molecular complexity index is 379. The third kappa shape index (κ3) is 3.93. The summed E-state index contributed by atoms with van der Waals surface area (Å²) in [5, 5.41) is 3.48. The maximum atomic E-state index is 13.3. The van der Waals surface area contributed by atoms with E-state index in [1.807, 2.05) is 13.8 Å². The summed E-state index contributed by atoms with van der Waals surface area (Å²) in [7, 11) is 0. The molecule has 0 aliphatic carbocycles. The first-order valence-electron chi connectivity index (χ1n) is 5.05. The monoisotopic (exact) mass is 287 g/mol. The van der Waals surface area contributed by atoms with Gasteiger partial charge in [-0.25, -0.2) is 4.39 Å². The highest BCUT2D eigenvalue weighted by molar-refractivity contribution is 9.09. The highest BCUT2D eigenvalue weighted by Crippen LogP contribution is 2.09. The summed E-state index contributed by atoms with van der Waals surface area (Å²) in [5.41, 5.74) is 0.105. The summed E-state index contributed by atoms with van der Waals surface area (Å²) >= 11 is 3.31. The summed E-state index contributed by atoms with van der Waals surface area (Å²) in [4.78, 5) is 11.6. The molecular formula is C12H15BrFNO. The van der Waals surface area contributed by atoms with Crippen molar-refractivity contribution in [2.24, 2.45) is 0 Å². The van der Waals surface area contributed by atoms with Crippen molar-refractivity contribution in [2.75, 3.05) is 5.33 Å². The first kappa shape index (κ1) is 13.2. The summed E-state index contributed by atoms with van der Waals surface area (Å²) in [6.45, 7) is 3.81. The van der Waals surface area contributed by atoms with E-state index in [0.717, 1.165) is 0 Å². The van der Waals surface area contributed by atoms with E-state index >= 15 is 0 Å². The zero-order valence-electron chi connectivity index (χ0n) is 9.39. The number of hydrogen-bond donors (Lipinski definition) is 1. The smallest absolute Gasteiger partial charge is 0.224 e. The van der Waals surface area contributed by atoms with Gasteiger partial charge in [-0.15, -0.1) is 0 Å². The number of amides is 1. The van der Waals surface area contributed by atoms with Gasteiger partial charge in [0.15, 0.2) is 0 Å². The molecule has 0 spiro atoms. The summed E-state index contributed by atoms with van der Waals surface area (Å²) in [6, 6.07) is 6.31. The van der Waals surface area contributed by atoms with Gasteiger partial charge < -0.3 is 5.32 Å². The number of carbonyl (C=O) groups is 1.